The Morgan fingerprint density at radius 2 is 1.94 bits per heavy atom. The summed E-state index contributed by atoms with van der Waals surface area (Å²) in [6.45, 7) is 7.66. The first kappa shape index (κ1) is 24.6. The summed E-state index contributed by atoms with van der Waals surface area (Å²) in [4.78, 5) is 35.5. The van der Waals surface area contributed by atoms with Crippen LogP contribution < -0.4 is 20.4 Å². The number of nitrogens with one attached hydrogen (secondary N) is 2. The molecule has 3 aromatic rings. The van der Waals surface area contributed by atoms with Gasteiger partial charge in [0.15, 0.2) is 5.82 Å². The molecule has 0 spiro atoms. The molecule has 0 radical (unpaired) electrons. The molecular formula is C25H29IN8O2. The third-order valence-corrected chi connectivity index (χ3v) is 6.56. The van der Waals surface area contributed by atoms with E-state index in [1.807, 2.05) is 37.3 Å². The standard InChI is InChI=1S/C25H29IN8O2/c1-16-15-36-13-12-34(16)23-20-8-11-33(24-27-9-3-10-28-24)14-21(20)31-22(32-23)18-4-6-19(7-5-18)30-25(35)29-17(2)26/h3-7,9-10,16-17H,8,11-15H2,1-2H3,(H2,29,30,35). The fourth-order valence-corrected chi connectivity index (χ4v) is 4.78. The van der Waals surface area contributed by atoms with Gasteiger partial charge in [0.2, 0.25) is 5.95 Å². The van der Waals surface area contributed by atoms with Crippen LogP contribution in [0.15, 0.2) is 42.7 Å². The minimum absolute atomic E-state index is 0.0348. The van der Waals surface area contributed by atoms with Crippen LogP contribution in [-0.4, -0.2) is 62.4 Å². The first-order valence-corrected chi connectivity index (χ1v) is 13.3. The van der Waals surface area contributed by atoms with Gasteiger partial charge < -0.3 is 25.2 Å². The van der Waals surface area contributed by atoms with Gasteiger partial charge in [-0.2, -0.15) is 0 Å². The number of aromatic nitrogens is 4. The zero-order chi connectivity index (χ0) is 25.1. The number of alkyl halides is 1. The number of nitrogens with zero attached hydrogens (tertiary/aromatic N) is 6. The van der Waals surface area contributed by atoms with Gasteiger partial charge in [0, 0.05) is 42.3 Å². The fourth-order valence-electron chi connectivity index (χ4n) is 4.49. The molecule has 0 aliphatic carbocycles. The quantitative estimate of drug-likeness (QED) is 0.260. The molecule has 1 aromatic carbocycles. The highest BCUT2D eigenvalue weighted by Crippen LogP contribution is 2.32. The Morgan fingerprint density at radius 3 is 2.67 bits per heavy atom. The Hall–Kier alpha value is -3.06. The third kappa shape index (κ3) is 5.51. The number of ether oxygens (including phenoxy) is 1. The summed E-state index contributed by atoms with van der Waals surface area (Å²) in [6.07, 6.45) is 4.35. The van der Waals surface area contributed by atoms with Gasteiger partial charge in [-0.05, 0) is 50.6 Å². The van der Waals surface area contributed by atoms with E-state index in [1.165, 1.54) is 5.56 Å². The van der Waals surface area contributed by atoms with Gasteiger partial charge in [-0.25, -0.2) is 24.7 Å². The number of hydrogen-bond donors (Lipinski definition) is 2. The van der Waals surface area contributed by atoms with Crippen LogP contribution in [0.5, 0.6) is 0 Å². The lowest BCUT2D eigenvalue weighted by molar-refractivity contribution is 0.0984. The second kappa shape index (κ2) is 10.9. The van der Waals surface area contributed by atoms with Crippen molar-refractivity contribution in [2.75, 3.05) is 41.4 Å². The first-order valence-electron chi connectivity index (χ1n) is 12.1. The van der Waals surface area contributed by atoms with E-state index in [2.05, 4.69) is 59.9 Å². The Balaban J connectivity index is 1.47. The number of anilines is 3. The number of carbonyl (C=O) groups is 1. The van der Waals surface area contributed by atoms with Crippen LogP contribution in [0.4, 0.5) is 22.2 Å². The molecule has 2 N–H and O–H groups in total. The summed E-state index contributed by atoms with van der Waals surface area (Å²) < 4.78 is 5.72. The molecule has 36 heavy (non-hydrogen) atoms. The zero-order valence-electron chi connectivity index (χ0n) is 20.3. The Kier molecular flexibility index (Phi) is 7.46. The van der Waals surface area contributed by atoms with Crippen molar-refractivity contribution in [2.45, 2.75) is 36.9 Å². The van der Waals surface area contributed by atoms with E-state index in [4.69, 9.17) is 14.7 Å². The van der Waals surface area contributed by atoms with Crippen LogP contribution >= 0.6 is 22.6 Å². The van der Waals surface area contributed by atoms with Gasteiger partial charge in [-0.1, -0.05) is 22.6 Å². The van der Waals surface area contributed by atoms with Gasteiger partial charge in [0.25, 0.3) is 0 Å². The van der Waals surface area contributed by atoms with Crippen molar-refractivity contribution < 1.29 is 9.53 Å². The number of urea groups is 1. The minimum atomic E-state index is -0.235. The van der Waals surface area contributed by atoms with Crippen molar-refractivity contribution in [3.05, 3.63) is 54.0 Å². The first-order chi connectivity index (χ1) is 17.5. The number of morpholine rings is 1. The highest BCUT2D eigenvalue weighted by molar-refractivity contribution is 14.1. The Morgan fingerprint density at radius 1 is 1.17 bits per heavy atom. The third-order valence-electron chi connectivity index (χ3n) is 6.25. The molecule has 1 fully saturated rings. The number of rotatable bonds is 5. The predicted molar refractivity (Wildman–Crippen MR) is 148 cm³/mol. The molecule has 0 bridgehead atoms. The SMILES string of the molecule is CC(I)NC(=O)Nc1ccc(-c2nc3c(c(N4CCOCC4C)n2)CCN(c2ncccn2)C3)cc1. The maximum atomic E-state index is 12.1. The molecule has 2 aliphatic rings. The summed E-state index contributed by atoms with van der Waals surface area (Å²) in [5.41, 5.74) is 3.77. The highest BCUT2D eigenvalue weighted by atomic mass is 127. The topological polar surface area (TPSA) is 108 Å². The monoisotopic (exact) mass is 600 g/mol. The summed E-state index contributed by atoms with van der Waals surface area (Å²) >= 11 is 2.15. The zero-order valence-corrected chi connectivity index (χ0v) is 22.5. The van der Waals surface area contributed by atoms with Crippen LogP contribution in [-0.2, 0) is 17.7 Å². The van der Waals surface area contributed by atoms with E-state index in [1.54, 1.807) is 12.4 Å². The molecule has 2 atom stereocenters. The normalized spacial score (nSPS) is 18.4. The van der Waals surface area contributed by atoms with Crippen molar-refractivity contribution in [3.8, 4) is 11.4 Å². The number of amides is 2. The lowest BCUT2D eigenvalue weighted by atomic mass is 10.0. The number of halogens is 1. The van der Waals surface area contributed by atoms with Crippen molar-refractivity contribution in [1.82, 2.24) is 25.3 Å². The number of benzene rings is 1. The Labute approximate surface area is 224 Å². The van der Waals surface area contributed by atoms with Crippen LogP contribution in [0.2, 0.25) is 0 Å². The average Bonchev–Trinajstić information content (AvgIpc) is 2.88. The molecule has 2 unspecified atom stereocenters. The molecule has 11 heteroatoms. The van der Waals surface area contributed by atoms with E-state index in [0.717, 1.165) is 36.6 Å². The van der Waals surface area contributed by atoms with Crippen LogP contribution in [0.3, 0.4) is 0 Å². The highest BCUT2D eigenvalue weighted by Gasteiger charge is 2.29. The van der Waals surface area contributed by atoms with Gasteiger partial charge in [0.05, 0.1) is 35.5 Å². The molecule has 10 nitrogen and oxygen atoms in total. The lowest BCUT2D eigenvalue weighted by Gasteiger charge is -2.37. The molecule has 2 aromatic heterocycles. The molecule has 2 amide bonds. The van der Waals surface area contributed by atoms with Gasteiger partial charge in [-0.3, -0.25) is 0 Å². The maximum Gasteiger partial charge on any atom is 0.320 e. The summed E-state index contributed by atoms with van der Waals surface area (Å²) in [5.74, 6) is 2.35. The number of fused-ring (bicyclic) bond motifs is 1. The molecule has 1 saturated heterocycles. The Bertz CT molecular complexity index is 1210. The van der Waals surface area contributed by atoms with E-state index in [9.17, 15) is 4.79 Å². The second-order valence-corrected chi connectivity index (χ2v) is 10.8. The van der Waals surface area contributed by atoms with Crippen LogP contribution in [0, 0.1) is 0 Å². The number of carbonyl (C=O) groups excluding carboxylic acids is 1. The average molecular weight is 600 g/mol. The molecular weight excluding hydrogens is 571 g/mol. The predicted octanol–water partition coefficient (Wildman–Crippen LogP) is 3.62. The van der Waals surface area contributed by atoms with Crippen molar-refractivity contribution in [2.24, 2.45) is 0 Å². The maximum absolute atomic E-state index is 12.1. The van der Waals surface area contributed by atoms with Crippen molar-refractivity contribution >= 4 is 46.1 Å². The number of hydrogen-bond acceptors (Lipinski definition) is 8. The molecule has 0 saturated carbocycles. The smallest absolute Gasteiger partial charge is 0.320 e. The lowest BCUT2D eigenvalue weighted by Crippen LogP contribution is -2.45. The van der Waals surface area contributed by atoms with Gasteiger partial charge >= 0.3 is 6.03 Å². The largest absolute Gasteiger partial charge is 0.377 e. The molecule has 5 rings (SSSR count). The van der Waals surface area contributed by atoms with E-state index >= 15 is 0 Å². The van der Waals surface area contributed by atoms with E-state index in [-0.39, 0.29) is 16.1 Å². The second-order valence-electron chi connectivity index (χ2n) is 8.93. The summed E-state index contributed by atoms with van der Waals surface area (Å²) in [5, 5.41) is 5.67. The van der Waals surface area contributed by atoms with E-state index < -0.39 is 0 Å². The van der Waals surface area contributed by atoms with E-state index in [0.29, 0.717) is 37.2 Å². The fraction of sp³-hybridized carbons (Fsp3) is 0.400. The van der Waals surface area contributed by atoms with Gasteiger partial charge in [0.1, 0.15) is 5.82 Å². The molecule has 4 heterocycles. The van der Waals surface area contributed by atoms with Crippen molar-refractivity contribution in [3.63, 3.8) is 0 Å². The summed E-state index contributed by atoms with van der Waals surface area (Å²) in [7, 11) is 0. The van der Waals surface area contributed by atoms with Crippen LogP contribution in [0.1, 0.15) is 25.1 Å². The minimum Gasteiger partial charge on any atom is -0.377 e. The van der Waals surface area contributed by atoms with Crippen molar-refractivity contribution in [1.29, 1.82) is 0 Å². The summed E-state index contributed by atoms with van der Waals surface area (Å²) in [6, 6.07) is 9.45. The molecule has 2 aliphatic heterocycles. The van der Waals surface area contributed by atoms with Gasteiger partial charge in [-0.15, -0.1) is 0 Å². The van der Waals surface area contributed by atoms with Crippen LogP contribution in [0.25, 0.3) is 11.4 Å². The molecule has 188 valence electrons.